The lowest BCUT2D eigenvalue weighted by molar-refractivity contribution is 0.348. The van der Waals surface area contributed by atoms with Crippen LogP contribution in [0.25, 0.3) is 0 Å². The number of halogens is 2. The van der Waals surface area contributed by atoms with Gasteiger partial charge < -0.3 is 14.8 Å². The summed E-state index contributed by atoms with van der Waals surface area (Å²) >= 11 is 11.4. The molecule has 1 aromatic rings. The average Bonchev–Trinajstić information content (AvgIpc) is 2.45. The van der Waals surface area contributed by atoms with Crippen molar-refractivity contribution in [3.05, 3.63) is 34.3 Å². The molecule has 0 radical (unpaired) electrons. The van der Waals surface area contributed by atoms with E-state index in [1.165, 1.54) is 5.54 Å². The van der Waals surface area contributed by atoms with Crippen LogP contribution in [0.4, 0.5) is 0 Å². The Kier molecular flexibility index (Phi) is 7.82. The van der Waals surface area contributed by atoms with Gasteiger partial charge in [0.2, 0.25) is 0 Å². The molecule has 0 fully saturated rings. The summed E-state index contributed by atoms with van der Waals surface area (Å²) in [6, 6.07) is 5.75. The van der Waals surface area contributed by atoms with Crippen LogP contribution in [0.1, 0.15) is 19.4 Å². The Labute approximate surface area is 130 Å². The van der Waals surface area contributed by atoms with Gasteiger partial charge in [0, 0.05) is 23.7 Å². The third kappa shape index (κ3) is 6.04. The molecule has 1 aromatic carbocycles. The van der Waals surface area contributed by atoms with E-state index in [0.717, 1.165) is 30.2 Å². The predicted molar refractivity (Wildman–Crippen MR) is 84.8 cm³/mol. The van der Waals surface area contributed by atoms with E-state index >= 15 is 0 Å². The maximum absolute atomic E-state index is 5.84. The van der Waals surface area contributed by atoms with Gasteiger partial charge in [0.15, 0.2) is 0 Å². The molecule has 0 spiro atoms. The molecule has 5 heteroatoms. The fourth-order valence-electron chi connectivity index (χ4n) is 1.62. The Balaban J connectivity index is 2.75. The first-order valence-corrected chi connectivity index (χ1v) is 7.33. The van der Waals surface area contributed by atoms with Crippen LogP contribution in [-0.4, -0.2) is 20.3 Å². The first-order valence-electron chi connectivity index (χ1n) is 6.52. The minimum Gasteiger partial charge on any atom is -0.497 e. The Morgan fingerprint density at radius 2 is 2.15 bits per heavy atom. The normalized spacial score (nSPS) is 11.8. The lowest BCUT2D eigenvalue weighted by atomic mass is 10.1. The van der Waals surface area contributed by atoms with Gasteiger partial charge in [-0.2, -0.15) is 0 Å². The zero-order chi connectivity index (χ0) is 15.0. The molecule has 0 heterocycles. The van der Waals surface area contributed by atoms with Crippen LogP contribution in [0.5, 0.6) is 11.5 Å². The molecule has 3 nitrogen and oxygen atoms in total. The van der Waals surface area contributed by atoms with E-state index in [2.05, 4.69) is 19.2 Å². The monoisotopic (exact) mass is 317 g/mol. The first kappa shape index (κ1) is 17.2. The number of ether oxygens (including phenoxy) is 2. The van der Waals surface area contributed by atoms with Crippen molar-refractivity contribution < 1.29 is 9.47 Å². The lowest BCUT2D eigenvalue weighted by Crippen LogP contribution is -2.19. The van der Waals surface area contributed by atoms with E-state index in [0.29, 0.717) is 11.0 Å². The number of hydrogen-bond donors (Lipinski definition) is 1. The summed E-state index contributed by atoms with van der Waals surface area (Å²) in [6.45, 7) is 6.27. The molecule has 0 unspecified atom stereocenters. The summed E-state index contributed by atoms with van der Waals surface area (Å²) < 4.78 is 10.9. The molecule has 0 aromatic heterocycles. The Morgan fingerprint density at radius 3 is 2.75 bits per heavy atom. The second-order valence-electron chi connectivity index (χ2n) is 4.84. The summed E-state index contributed by atoms with van der Waals surface area (Å²) in [4.78, 5) is 0. The Bertz CT molecular complexity index is 447. The van der Waals surface area contributed by atoms with E-state index in [4.69, 9.17) is 32.7 Å². The zero-order valence-corrected chi connectivity index (χ0v) is 13.6. The van der Waals surface area contributed by atoms with Gasteiger partial charge in [-0.1, -0.05) is 43.1 Å². The maximum atomic E-state index is 5.84. The minimum absolute atomic E-state index is 0.245. The predicted octanol–water partition coefficient (Wildman–Crippen LogP) is 4.14. The second-order valence-corrected chi connectivity index (χ2v) is 5.55. The summed E-state index contributed by atoms with van der Waals surface area (Å²) in [5, 5.41) is 3.84. The number of rotatable bonds is 8. The molecule has 0 bridgehead atoms. The summed E-state index contributed by atoms with van der Waals surface area (Å²) in [5.74, 6) is 2.10. The first-order chi connectivity index (χ1) is 9.56. The van der Waals surface area contributed by atoms with Crippen LogP contribution < -0.4 is 14.8 Å². The summed E-state index contributed by atoms with van der Waals surface area (Å²) in [5.41, 5.74) is 2.36. The van der Waals surface area contributed by atoms with E-state index in [1.54, 1.807) is 7.11 Å². The minimum atomic E-state index is 0.245. The molecule has 1 rings (SSSR count). The summed E-state index contributed by atoms with van der Waals surface area (Å²) in [6.07, 6.45) is 0. The van der Waals surface area contributed by atoms with E-state index < -0.39 is 0 Å². The molecule has 0 aliphatic rings. The van der Waals surface area contributed by atoms with Gasteiger partial charge in [-0.15, -0.1) is 0 Å². The second kappa shape index (κ2) is 9.11. The summed E-state index contributed by atoms with van der Waals surface area (Å²) in [7, 11) is 1.63. The fraction of sp³-hybridized carbons (Fsp3) is 0.467. The van der Waals surface area contributed by atoms with E-state index in [9.17, 15) is 0 Å². The van der Waals surface area contributed by atoms with Gasteiger partial charge in [-0.05, 0) is 18.5 Å². The van der Waals surface area contributed by atoms with Crippen molar-refractivity contribution in [2.45, 2.75) is 20.4 Å². The van der Waals surface area contributed by atoms with Crippen molar-refractivity contribution in [3.63, 3.8) is 0 Å². The standard InChI is InChI=1S/C15H21Cl2NO2/c1-11(2)8-18-9-12-4-5-14(19-3)6-15(12)20-10-13(17)7-16/h4-7,11,18H,8-10H2,1-3H3. The van der Waals surface area contributed by atoms with Crippen LogP contribution in [0.15, 0.2) is 28.8 Å². The quantitative estimate of drug-likeness (QED) is 0.781. The van der Waals surface area contributed by atoms with Crippen LogP contribution in [0, 0.1) is 5.92 Å². The van der Waals surface area contributed by atoms with Gasteiger partial charge in [0.05, 0.1) is 12.1 Å². The van der Waals surface area contributed by atoms with E-state index in [-0.39, 0.29) is 6.61 Å². The Morgan fingerprint density at radius 1 is 1.40 bits per heavy atom. The average molecular weight is 318 g/mol. The largest absolute Gasteiger partial charge is 0.497 e. The molecule has 1 N–H and O–H groups in total. The molecule has 0 atom stereocenters. The zero-order valence-electron chi connectivity index (χ0n) is 12.1. The van der Waals surface area contributed by atoms with Crippen LogP contribution in [-0.2, 0) is 6.54 Å². The molecule has 112 valence electrons. The molecule has 0 aliphatic carbocycles. The number of benzene rings is 1. The van der Waals surface area contributed by atoms with Crippen molar-refractivity contribution >= 4 is 23.2 Å². The third-order valence-corrected chi connectivity index (χ3v) is 3.22. The molecule has 0 saturated carbocycles. The van der Waals surface area contributed by atoms with E-state index in [1.807, 2.05) is 18.2 Å². The van der Waals surface area contributed by atoms with Gasteiger partial charge in [0.25, 0.3) is 0 Å². The van der Waals surface area contributed by atoms with Crippen molar-refractivity contribution in [2.75, 3.05) is 20.3 Å². The molecule has 0 amide bonds. The third-order valence-electron chi connectivity index (χ3n) is 2.63. The number of methoxy groups -OCH3 is 1. The van der Waals surface area contributed by atoms with Crippen LogP contribution in [0.3, 0.4) is 0 Å². The highest BCUT2D eigenvalue weighted by Gasteiger charge is 2.07. The molecular weight excluding hydrogens is 297 g/mol. The molecule has 0 saturated heterocycles. The van der Waals surface area contributed by atoms with Gasteiger partial charge in [0.1, 0.15) is 18.1 Å². The Hall–Kier alpha value is -0.900. The highest BCUT2D eigenvalue weighted by molar-refractivity contribution is 6.36. The SMILES string of the molecule is COc1ccc(CNCC(C)C)c(OCC(Cl)=CCl)c1. The van der Waals surface area contributed by atoms with Crippen molar-refractivity contribution in [1.82, 2.24) is 5.32 Å². The molecule has 20 heavy (non-hydrogen) atoms. The van der Waals surface area contributed by atoms with Crippen molar-refractivity contribution in [2.24, 2.45) is 5.92 Å². The molecule has 0 aliphatic heterocycles. The highest BCUT2D eigenvalue weighted by atomic mass is 35.5. The smallest absolute Gasteiger partial charge is 0.128 e. The number of hydrogen-bond acceptors (Lipinski definition) is 3. The van der Waals surface area contributed by atoms with Gasteiger partial charge >= 0.3 is 0 Å². The van der Waals surface area contributed by atoms with Crippen LogP contribution in [0.2, 0.25) is 0 Å². The topological polar surface area (TPSA) is 30.5 Å². The molecular formula is C15H21Cl2NO2. The lowest BCUT2D eigenvalue weighted by Gasteiger charge is -2.14. The maximum Gasteiger partial charge on any atom is 0.128 e. The highest BCUT2D eigenvalue weighted by Crippen LogP contribution is 2.25. The van der Waals surface area contributed by atoms with Crippen molar-refractivity contribution in [1.29, 1.82) is 0 Å². The van der Waals surface area contributed by atoms with Gasteiger partial charge in [-0.25, -0.2) is 0 Å². The van der Waals surface area contributed by atoms with Crippen LogP contribution >= 0.6 is 23.2 Å². The van der Waals surface area contributed by atoms with Gasteiger partial charge in [-0.3, -0.25) is 0 Å². The van der Waals surface area contributed by atoms with Crippen molar-refractivity contribution in [3.8, 4) is 11.5 Å². The number of nitrogens with one attached hydrogen (secondary N) is 1. The fourth-order valence-corrected chi connectivity index (χ4v) is 1.73.